The minimum Gasteiger partial charge on any atom is -0.508 e. The molecule has 1 N–H and O–H groups in total. The Labute approximate surface area is 151 Å². The van der Waals surface area contributed by atoms with Crippen molar-refractivity contribution < 1.29 is 9.84 Å². The third kappa shape index (κ3) is 2.92. The molecule has 136 valence electrons. The van der Waals surface area contributed by atoms with Gasteiger partial charge in [-0.25, -0.2) is 0 Å². The average molecular weight is 341 g/mol. The van der Waals surface area contributed by atoms with Gasteiger partial charge in [-0.05, 0) is 68.3 Å². The molecule has 0 spiro atoms. The lowest BCUT2D eigenvalue weighted by Crippen LogP contribution is -2.60. The van der Waals surface area contributed by atoms with Gasteiger partial charge in [-0.2, -0.15) is 0 Å². The molecule has 0 aromatic heterocycles. The normalized spacial score (nSPS) is 32.2. The molecule has 25 heavy (non-hydrogen) atoms. The Balaban J connectivity index is 1.66. The molecule has 2 fully saturated rings. The van der Waals surface area contributed by atoms with Crippen LogP contribution in [0.15, 0.2) is 29.8 Å². The third-order valence-corrected chi connectivity index (χ3v) is 6.98. The number of likely N-dealkylation sites (tertiary alicyclic amines) is 1. The van der Waals surface area contributed by atoms with Crippen LogP contribution in [0.5, 0.6) is 5.75 Å². The summed E-state index contributed by atoms with van der Waals surface area (Å²) in [5.74, 6) is 1.19. The molecule has 1 aromatic carbocycles. The Bertz CT molecular complexity index is 668. The maximum absolute atomic E-state index is 10.1. The number of fused-ring (bicyclic) bond motifs is 1. The molecule has 0 unspecified atom stereocenters. The first-order valence-corrected chi connectivity index (χ1v) is 9.85. The smallest absolute Gasteiger partial charge is 0.115 e. The summed E-state index contributed by atoms with van der Waals surface area (Å²) >= 11 is 0. The predicted molar refractivity (Wildman–Crippen MR) is 101 cm³/mol. The van der Waals surface area contributed by atoms with E-state index in [1.165, 1.54) is 55.3 Å². The van der Waals surface area contributed by atoms with E-state index < -0.39 is 0 Å². The Kier molecular flexibility index (Phi) is 4.63. The summed E-state index contributed by atoms with van der Waals surface area (Å²) in [6.07, 6.45) is 10.1. The van der Waals surface area contributed by atoms with E-state index in [1.807, 2.05) is 6.07 Å². The second-order valence-electron chi connectivity index (χ2n) is 8.35. The van der Waals surface area contributed by atoms with Crippen LogP contribution in [0.2, 0.25) is 0 Å². The summed E-state index contributed by atoms with van der Waals surface area (Å²) in [7, 11) is 1.77. The Morgan fingerprint density at radius 1 is 1.36 bits per heavy atom. The van der Waals surface area contributed by atoms with Crippen molar-refractivity contribution in [3.05, 3.63) is 41.0 Å². The Morgan fingerprint density at radius 3 is 3.08 bits per heavy atom. The van der Waals surface area contributed by atoms with Crippen LogP contribution < -0.4 is 0 Å². The van der Waals surface area contributed by atoms with Crippen molar-refractivity contribution in [1.82, 2.24) is 4.90 Å². The number of rotatable bonds is 4. The summed E-state index contributed by atoms with van der Waals surface area (Å²) in [6, 6.07) is 6.79. The summed E-state index contributed by atoms with van der Waals surface area (Å²) in [5, 5.41) is 10.1. The number of phenols is 1. The molecule has 3 heteroatoms. The van der Waals surface area contributed by atoms with Crippen LogP contribution in [0, 0.1) is 5.92 Å². The van der Waals surface area contributed by atoms with E-state index in [-0.39, 0.29) is 0 Å². The summed E-state index contributed by atoms with van der Waals surface area (Å²) < 4.78 is 5.26. The molecule has 2 aliphatic carbocycles. The van der Waals surface area contributed by atoms with Gasteiger partial charge in [0.15, 0.2) is 0 Å². The van der Waals surface area contributed by atoms with E-state index in [2.05, 4.69) is 30.0 Å². The molecule has 3 nitrogen and oxygen atoms in total. The molecular formula is C22H31NO2. The number of hydrogen-bond acceptors (Lipinski definition) is 3. The lowest BCUT2D eigenvalue weighted by Gasteiger charge is -2.59. The van der Waals surface area contributed by atoms with E-state index in [1.54, 1.807) is 7.11 Å². The van der Waals surface area contributed by atoms with Crippen molar-refractivity contribution in [2.24, 2.45) is 5.92 Å². The molecule has 0 amide bonds. The lowest BCUT2D eigenvalue weighted by molar-refractivity contribution is -0.00535. The van der Waals surface area contributed by atoms with Gasteiger partial charge in [0, 0.05) is 25.1 Å². The van der Waals surface area contributed by atoms with Crippen molar-refractivity contribution in [1.29, 1.82) is 0 Å². The zero-order valence-corrected chi connectivity index (χ0v) is 15.6. The number of methoxy groups -OCH3 is 1. The van der Waals surface area contributed by atoms with E-state index in [4.69, 9.17) is 4.74 Å². The van der Waals surface area contributed by atoms with E-state index in [0.717, 1.165) is 25.5 Å². The van der Waals surface area contributed by atoms with E-state index >= 15 is 0 Å². The van der Waals surface area contributed by atoms with Crippen molar-refractivity contribution in [3.63, 3.8) is 0 Å². The number of phenolic OH excluding ortho intramolecular Hbond substituents is 1. The zero-order chi connectivity index (χ0) is 17.4. The molecule has 0 radical (unpaired) electrons. The highest BCUT2D eigenvalue weighted by Crippen LogP contribution is 2.56. The number of ether oxygens (including phenoxy) is 1. The van der Waals surface area contributed by atoms with Crippen LogP contribution in [-0.4, -0.2) is 42.9 Å². The molecule has 4 rings (SSSR count). The molecule has 1 saturated carbocycles. The quantitative estimate of drug-likeness (QED) is 0.839. The monoisotopic (exact) mass is 341 g/mol. The van der Waals surface area contributed by atoms with Gasteiger partial charge in [0.25, 0.3) is 0 Å². The minimum absolute atomic E-state index is 0.316. The summed E-state index contributed by atoms with van der Waals surface area (Å²) in [4.78, 5) is 2.71. The van der Waals surface area contributed by atoms with Gasteiger partial charge in [0.2, 0.25) is 0 Å². The van der Waals surface area contributed by atoms with E-state index in [9.17, 15) is 5.11 Å². The number of benzene rings is 1. The fourth-order valence-electron chi connectivity index (χ4n) is 5.86. The van der Waals surface area contributed by atoms with Gasteiger partial charge in [-0.1, -0.05) is 30.6 Å². The van der Waals surface area contributed by atoms with Gasteiger partial charge in [0.05, 0.1) is 6.61 Å². The fourth-order valence-corrected chi connectivity index (χ4v) is 5.86. The molecule has 1 saturated heterocycles. The molecule has 1 aliphatic heterocycles. The van der Waals surface area contributed by atoms with Crippen LogP contribution in [0.4, 0.5) is 0 Å². The predicted octanol–water partition coefficient (Wildman–Crippen LogP) is 4.04. The third-order valence-electron chi connectivity index (χ3n) is 6.98. The molecule has 1 heterocycles. The maximum Gasteiger partial charge on any atom is 0.115 e. The second-order valence-corrected chi connectivity index (χ2v) is 8.35. The van der Waals surface area contributed by atoms with Crippen LogP contribution in [-0.2, 0) is 16.6 Å². The van der Waals surface area contributed by atoms with Crippen molar-refractivity contribution >= 4 is 0 Å². The van der Waals surface area contributed by atoms with Gasteiger partial charge in [0.1, 0.15) is 5.75 Å². The molecule has 1 aromatic rings. The first-order valence-electron chi connectivity index (χ1n) is 9.85. The number of piperidine rings is 1. The highest BCUT2D eigenvalue weighted by atomic mass is 16.5. The average Bonchev–Trinajstić information content (AvgIpc) is 2.62. The van der Waals surface area contributed by atoms with Gasteiger partial charge < -0.3 is 9.84 Å². The SMILES string of the molecule is COCC(C)=CCN1CC[C@@]23CCCC[C@H]2[C@H]1Cc1ccc(O)cc13. The number of nitrogens with zero attached hydrogens (tertiary/aromatic N) is 1. The first-order chi connectivity index (χ1) is 12.1. The second kappa shape index (κ2) is 6.77. The number of hydrogen-bond donors (Lipinski definition) is 1. The first kappa shape index (κ1) is 17.1. The topological polar surface area (TPSA) is 32.7 Å². The molecular weight excluding hydrogens is 310 g/mol. The lowest BCUT2D eigenvalue weighted by atomic mass is 9.52. The standard InChI is InChI=1S/C22H31NO2/c1-16(15-25-2)8-11-23-12-10-22-9-4-3-5-19(22)21(23)13-17-6-7-18(24)14-20(17)22/h6-8,14,19,21,24H,3-5,9-13,15H2,1-2H3/t19-,21+,22-/m0/s1. The molecule has 3 atom stereocenters. The van der Waals surface area contributed by atoms with Crippen LogP contribution in [0.25, 0.3) is 0 Å². The molecule has 2 bridgehead atoms. The zero-order valence-electron chi connectivity index (χ0n) is 15.6. The van der Waals surface area contributed by atoms with Crippen LogP contribution in [0.3, 0.4) is 0 Å². The number of aromatic hydroxyl groups is 1. The van der Waals surface area contributed by atoms with Crippen molar-refractivity contribution in [2.45, 2.75) is 56.9 Å². The van der Waals surface area contributed by atoms with Crippen molar-refractivity contribution in [2.75, 3.05) is 26.8 Å². The highest BCUT2D eigenvalue weighted by molar-refractivity contribution is 5.45. The van der Waals surface area contributed by atoms with E-state index in [0.29, 0.717) is 17.2 Å². The van der Waals surface area contributed by atoms with Crippen LogP contribution >= 0.6 is 0 Å². The summed E-state index contributed by atoms with van der Waals surface area (Å²) in [5.41, 5.74) is 4.59. The largest absolute Gasteiger partial charge is 0.508 e. The Morgan fingerprint density at radius 2 is 2.24 bits per heavy atom. The van der Waals surface area contributed by atoms with Gasteiger partial charge >= 0.3 is 0 Å². The summed E-state index contributed by atoms with van der Waals surface area (Å²) in [6.45, 7) is 5.11. The Hall–Kier alpha value is -1.32. The molecule has 3 aliphatic rings. The van der Waals surface area contributed by atoms with Gasteiger partial charge in [-0.3, -0.25) is 4.90 Å². The van der Waals surface area contributed by atoms with Crippen LogP contribution in [0.1, 0.15) is 50.2 Å². The van der Waals surface area contributed by atoms with Crippen molar-refractivity contribution in [3.8, 4) is 5.75 Å². The maximum atomic E-state index is 10.1. The highest BCUT2D eigenvalue weighted by Gasteiger charge is 2.53. The minimum atomic E-state index is 0.316. The van der Waals surface area contributed by atoms with Gasteiger partial charge in [-0.15, -0.1) is 0 Å². The fraction of sp³-hybridized carbons (Fsp3) is 0.636.